The number of amides is 1. The molecule has 8 heteroatoms. The highest BCUT2D eigenvalue weighted by Gasteiger charge is 2.31. The second-order valence-corrected chi connectivity index (χ2v) is 8.93. The lowest BCUT2D eigenvalue weighted by Gasteiger charge is -2.30. The van der Waals surface area contributed by atoms with Crippen molar-refractivity contribution in [2.45, 2.75) is 33.2 Å². The van der Waals surface area contributed by atoms with E-state index in [0.29, 0.717) is 28.6 Å². The third-order valence-corrected chi connectivity index (χ3v) is 5.69. The predicted octanol–water partition coefficient (Wildman–Crippen LogP) is 4.15. The number of anilines is 2. The molecule has 0 saturated heterocycles. The van der Waals surface area contributed by atoms with E-state index in [-0.39, 0.29) is 0 Å². The summed E-state index contributed by atoms with van der Waals surface area (Å²) in [5.41, 5.74) is 2.76. The number of halogens is 1. The minimum atomic E-state index is -3.69. The number of aryl methyl sites for hydroxylation is 2. The number of rotatable bonds is 7. The molecule has 0 radical (unpaired) electrons. The Hall–Kier alpha value is -2.25. The zero-order valence-corrected chi connectivity index (χ0v) is 18.2. The Balaban J connectivity index is 2.40. The minimum Gasteiger partial charge on any atom is -0.495 e. The topological polar surface area (TPSA) is 75.7 Å². The third kappa shape index (κ3) is 5.17. The van der Waals surface area contributed by atoms with Crippen LogP contribution in [0.5, 0.6) is 5.75 Å². The van der Waals surface area contributed by atoms with Gasteiger partial charge in [0, 0.05) is 5.69 Å². The largest absolute Gasteiger partial charge is 0.495 e. The van der Waals surface area contributed by atoms with Crippen LogP contribution in [-0.4, -0.2) is 33.7 Å². The van der Waals surface area contributed by atoms with Crippen LogP contribution in [0.15, 0.2) is 36.4 Å². The van der Waals surface area contributed by atoms with Crippen molar-refractivity contribution in [3.63, 3.8) is 0 Å². The van der Waals surface area contributed by atoms with Crippen molar-refractivity contribution in [2.24, 2.45) is 0 Å². The number of nitrogens with zero attached hydrogens (tertiary/aromatic N) is 1. The van der Waals surface area contributed by atoms with Crippen LogP contribution in [0.1, 0.15) is 24.5 Å². The maximum absolute atomic E-state index is 12.9. The molecule has 28 heavy (non-hydrogen) atoms. The van der Waals surface area contributed by atoms with Gasteiger partial charge in [0.25, 0.3) is 0 Å². The van der Waals surface area contributed by atoms with Gasteiger partial charge in [-0.25, -0.2) is 8.42 Å². The molecule has 0 aliphatic rings. The standard InChI is InChI=1S/C20H25ClN2O4S/c1-6-18(20(24)22-15-7-8-19(27-4)17(21)12-15)23(28(5,25)26)16-10-13(2)9-14(3)11-16/h7-12,18H,6H2,1-5H3,(H,22,24)/t18-/m1/s1. The molecule has 0 aliphatic carbocycles. The Morgan fingerprint density at radius 3 is 2.25 bits per heavy atom. The van der Waals surface area contributed by atoms with Crippen molar-refractivity contribution >= 4 is 38.9 Å². The molecular formula is C20H25ClN2O4S. The predicted molar refractivity (Wildman–Crippen MR) is 114 cm³/mol. The van der Waals surface area contributed by atoms with Crippen molar-refractivity contribution < 1.29 is 17.9 Å². The van der Waals surface area contributed by atoms with Gasteiger partial charge in [0.1, 0.15) is 11.8 Å². The zero-order chi connectivity index (χ0) is 21.1. The van der Waals surface area contributed by atoms with Crippen LogP contribution in [0.3, 0.4) is 0 Å². The number of benzene rings is 2. The number of carbonyl (C=O) groups is 1. The second-order valence-electron chi connectivity index (χ2n) is 6.67. The maximum Gasteiger partial charge on any atom is 0.248 e. The molecule has 1 amide bonds. The summed E-state index contributed by atoms with van der Waals surface area (Å²) >= 11 is 6.11. The van der Waals surface area contributed by atoms with Crippen LogP contribution in [0.4, 0.5) is 11.4 Å². The van der Waals surface area contributed by atoms with E-state index in [2.05, 4.69) is 5.32 Å². The molecule has 0 aliphatic heterocycles. The molecule has 6 nitrogen and oxygen atoms in total. The number of ether oxygens (including phenoxy) is 1. The Labute approximate surface area is 171 Å². The minimum absolute atomic E-state index is 0.301. The van der Waals surface area contributed by atoms with Gasteiger partial charge < -0.3 is 10.1 Å². The van der Waals surface area contributed by atoms with Crippen molar-refractivity contribution in [1.82, 2.24) is 0 Å². The number of methoxy groups -OCH3 is 1. The lowest BCUT2D eigenvalue weighted by Crippen LogP contribution is -2.47. The van der Waals surface area contributed by atoms with Crippen LogP contribution in [-0.2, 0) is 14.8 Å². The SMILES string of the molecule is CC[C@H](C(=O)Nc1ccc(OC)c(Cl)c1)N(c1cc(C)cc(C)c1)S(C)(=O)=O. The summed E-state index contributed by atoms with van der Waals surface area (Å²) < 4.78 is 31.4. The first-order chi connectivity index (χ1) is 13.1. The van der Waals surface area contributed by atoms with Crippen molar-refractivity contribution in [2.75, 3.05) is 23.0 Å². The van der Waals surface area contributed by atoms with E-state index in [4.69, 9.17) is 16.3 Å². The molecule has 0 fully saturated rings. The normalized spacial score (nSPS) is 12.4. The van der Waals surface area contributed by atoms with Gasteiger partial charge >= 0.3 is 0 Å². The maximum atomic E-state index is 12.9. The fourth-order valence-electron chi connectivity index (χ4n) is 3.11. The van der Waals surface area contributed by atoms with Gasteiger partial charge in [-0.15, -0.1) is 0 Å². The first kappa shape index (κ1) is 22.0. The molecule has 2 rings (SSSR count). The van der Waals surface area contributed by atoms with Gasteiger partial charge in [-0.1, -0.05) is 24.6 Å². The van der Waals surface area contributed by atoms with E-state index in [1.807, 2.05) is 19.9 Å². The number of carbonyl (C=O) groups excluding carboxylic acids is 1. The van der Waals surface area contributed by atoms with Gasteiger partial charge in [0.05, 0.1) is 24.1 Å². The fraction of sp³-hybridized carbons (Fsp3) is 0.350. The molecule has 1 N–H and O–H groups in total. The monoisotopic (exact) mass is 424 g/mol. The molecule has 0 heterocycles. The van der Waals surface area contributed by atoms with Crippen LogP contribution in [0.25, 0.3) is 0 Å². The lowest BCUT2D eigenvalue weighted by molar-refractivity contribution is -0.117. The summed E-state index contributed by atoms with van der Waals surface area (Å²) in [4.78, 5) is 12.9. The lowest BCUT2D eigenvalue weighted by atomic mass is 10.1. The van der Waals surface area contributed by atoms with Crippen molar-refractivity contribution in [3.05, 3.63) is 52.5 Å². The first-order valence-corrected chi connectivity index (χ1v) is 11.0. The quantitative estimate of drug-likeness (QED) is 0.724. The highest BCUT2D eigenvalue weighted by molar-refractivity contribution is 7.92. The zero-order valence-electron chi connectivity index (χ0n) is 16.6. The number of hydrogen-bond donors (Lipinski definition) is 1. The van der Waals surface area contributed by atoms with Gasteiger partial charge in [-0.05, 0) is 61.7 Å². The van der Waals surface area contributed by atoms with Gasteiger partial charge in [-0.2, -0.15) is 0 Å². The molecule has 152 valence electrons. The van der Waals surface area contributed by atoms with E-state index in [0.717, 1.165) is 17.4 Å². The van der Waals surface area contributed by atoms with Gasteiger partial charge in [0.15, 0.2) is 0 Å². The van der Waals surface area contributed by atoms with Gasteiger partial charge in [-0.3, -0.25) is 9.10 Å². The highest BCUT2D eigenvalue weighted by atomic mass is 35.5. The highest BCUT2D eigenvalue weighted by Crippen LogP contribution is 2.29. The molecule has 1 atom stereocenters. The first-order valence-electron chi connectivity index (χ1n) is 8.79. The van der Waals surface area contributed by atoms with Crippen molar-refractivity contribution in [3.8, 4) is 5.75 Å². The average Bonchev–Trinajstić information content (AvgIpc) is 2.57. The van der Waals surface area contributed by atoms with E-state index in [9.17, 15) is 13.2 Å². The van der Waals surface area contributed by atoms with Crippen LogP contribution in [0.2, 0.25) is 5.02 Å². The number of sulfonamides is 1. The van der Waals surface area contributed by atoms with E-state index < -0.39 is 22.0 Å². The van der Waals surface area contributed by atoms with E-state index >= 15 is 0 Å². The summed E-state index contributed by atoms with van der Waals surface area (Å²) in [5.74, 6) is 0.0491. The second kappa shape index (κ2) is 8.84. The number of hydrogen-bond acceptors (Lipinski definition) is 4. The smallest absolute Gasteiger partial charge is 0.248 e. The van der Waals surface area contributed by atoms with Crippen LogP contribution < -0.4 is 14.4 Å². The van der Waals surface area contributed by atoms with E-state index in [1.54, 1.807) is 37.3 Å². The van der Waals surface area contributed by atoms with E-state index in [1.165, 1.54) is 11.4 Å². The molecule has 0 aromatic heterocycles. The van der Waals surface area contributed by atoms with Gasteiger partial charge in [0.2, 0.25) is 15.9 Å². The Morgan fingerprint density at radius 1 is 1.18 bits per heavy atom. The summed E-state index contributed by atoms with van der Waals surface area (Å²) in [6.45, 7) is 5.54. The summed E-state index contributed by atoms with van der Waals surface area (Å²) in [5, 5.41) is 3.10. The molecule has 2 aromatic carbocycles. The molecule has 0 saturated carbocycles. The fourth-order valence-corrected chi connectivity index (χ4v) is 4.56. The third-order valence-electron chi connectivity index (χ3n) is 4.21. The Bertz CT molecular complexity index is 956. The van der Waals surface area contributed by atoms with Crippen LogP contribution >= 0.6 is 11.6 Å². The number of nitrogens with one attached hydrogen (secondary N) is 1. The molecule has 0 unspecified atom stereocenters. The summed E-state index contributed by atoms with van der Waals surface area (Å²) in [6, 6.07) is 9.41. The Morgan fingerprint density at radius 2 is 1.79 bits per heavy atom. The summed E-state index contributed by atoms with van der Waals surface area (Å²) in [7, 11) is -2.19. The summed E-state index contributed by atoms with van der Waals surface area (Å²) in [6.07, 6.45) is 1.40. The van der Waals surface area contributed by atoms with Crippen LogP contribution in [0, 0.1) is 13.8 Å². The average molecular weight is 425 g/mol. The molecule has 2 aromatic rings. The Kier molecular flexibility index (Phi) is 6.96. The molecule has 0 bridgehead atoms. The molecule has 0 spiro atoms. The molecular weight excluding hydrogens is 400 g/mol. The van der Waals surface area contributed by atoms with Crippen molar-refractivity contribution in [1.29, 1.82) is 0 Å².